The van der Waals surface area contributed by atoms with Crippen molar-refractivity contribution in [2.24, 2.45) is 11.3 Å². The van der Waals surface area contributed by atoms with Gasteiger partial charge in [0.2, 0.25) is 0 Å². The summed E-state index contributed by atoms with van der Waals surface area (Å²) in [6.07, 6.45) is 0. The van der Waals surface area contributed by atoms with Gasteiger partial charge in [-0.05, 0) is 5.92 Å². The van der Waals surface area contributed by atoms with Crippen molar-refractivity contribution < 1.29 is 19.1 Å². The van der Waals surface area contributed by atoms with Crippen molar-refractivity contribution in [3.63, 3.8) is 0 Å². The highest BCUT2D eigenvalue weighted by molar-refractivity contribution is 7.81. The molecule has 0 saturated carbocycles. The van der Waals surface area contributed by atoms with Crippen LogP contribution in [0, 0.1) is 11.3 Å². The lowest BCUT2D eigenvalue weighted by Gasteiger charge is -2.32. The maximum atomic E-state index is 11.1. The number of ether oxygens (including phenoxy) is 2. The summed E-state index contributed by atoms with van der Waals surface area (Å²) in [6, 6.07) is 0. The largest absolute Gasteiger partial charge is 0.464 e. The van der Waals surface area contributed by atoms with Gasteiger partial charge in [0.05, 0.1) is 11.5 Å². The zero-order valence-electron chi connectivity index (χ0n) is 10.4. The highest BCUT2D eigenvalue weighted by Gasteiger charge is 2.31. The van der Waals surface area contributed by atoms with E-state index in [-0.39, 0.29) is 42.6 Å². The topological polar surface area (TPSA) is 52.6 Å². The Hall–Kier alpha value is -0.360. The van der Waals surface area contributed by atoms with E-state index in [0.29, 0.717) is 0 Å². The Balaban J connectivity index is 4.35. The molecule has 0 rings (SSSR count). The molecule has 0 atom stereocenters. The minimum Gasteiger partial charge on any atom is -0.464 e. The van der Waals surface area contributed by atoms with Gasteiger partial charge in [0.1, 0.15) is 13.2 Å². The molecular weight excluding hydrogens is 260 g/mol. The van der Waals surface area contributed by atoms with E-state index in [1.165, 1.54) is 0 Å². The molecule has 17 heavy (non-hydrogen) atoms. The van der Waals surface area contributed by atoms with Crippen molar-refractivity contribution >= 4 is 37.2 Å². The minimum absolute atomic E-state index is 0.0462. The monoisotopic (exact) mass is 280 g/mol. The Kier molecular flexibility index (Phi) is 7.70. The van der Waals surface area contributed by atoms with Crippen LogP contribution in [-0.4, -0.2) is 36.7 Å². The number of hydrogen-bond donors (Lipinski definition) is 2. The second-order valence-corrected chi connectivity index (χ2v) is 5.08. The third-order valence-electron chi connectivity index (χ3n) is 2.78. The summed E-state index contributed by atoms with van der Waals surface area (Å²) in [7, 11) is 0. The third-order valence-corrected chi connectivity index (χ3v) is 3.29. The SMILES string of the molecule is CC(C)C(C)(COC(=O)CS)COC(=O)CS. The molecule has 0 aliphatic rings. The summed E-state index contributed by atoms with van der Waals surface area (Å²) >= 11 is 7.65. The van der Waals surface area contributed by atoms with Crippen LogP contribution in [0.4, 0.5) is 0 Å². The van der Waals surface area contributed by atoms with Crippen molar-refractivity contribution in [2.75, 3.05) is 24.7 Å². The van der Waals surface area contributed by atoms with Crippen LogP contribution in [0.1, 0.15) is 20.8 Å². The van der Waals surface area contributed by atoms with Crippen LogP contribution in [0.2, 0.25) is 0 Å². The lowest BCUT2D eigenvalue weighted by Crippen LogP contribution is -2.36. The molecule has 0 spiro atoms. The fraction of sp³-hybridized carbons (Fsp3) is 0.818. The Morgan fingerprint density at radius 3 is 1.65 bits per heavy atom. The average Bonchev–Trinajstić information content (AvgIpc) is 2.32. The van der Waals surface area contributed by atoms with E-state index in [0.717, 1.165) is 0 Å². The number of rotatable bonds is 7. The van der Waals surface area contributed by atoms with E-state index < -0.39 is 5.41 Å². The maximum absolute atomic E-state index is 11.1. The van der Waals surface area contributed by atoms with Gasteiger partial charge in [-0.15, -0.1) is 0 Å². The van der Waals surface area contributed by atoms with Gasteiger partial charge >= 0.3 is 11.9 Å². The van der Waals surface area contributed by atoms with Gasteiger partial charge in [0, 0.05) is 5.41 Å². The molecule has 100 valence electrons. The standard InChI is InChI=1S/C11H20O4S2/c1-8(2)11(3,6-14-9(12)4-16)7-15-10(13)5-17/h8,16-17H,4-7H2,1-3H3. The van der Waals surface area contributed by atoms with Gasteiger partial charge in [-0.25, -0.2) is 0 Å². The number of carbonyl (C=O) groups is 2. The molecule has 0 aliphatic heterocycles. The molecule has 0 fully saturated rings. The molecule has 0 aliphatic carbocycles. The van der Waals surface area contributed by atoms with Crippen molar-refractivity contribution in [3.8, 4) is 0 Å². The molecule has 0 unspecified atom stereocenters. The summed E-state index contributed by atoms with van der Waals surface area (Å²) in [5.74, 6) is -0.445. The second-order valence-electron chi connectivity index (χ2n) is 4.45. The van der Waals surface area contributed by atoms with Gasteiger partial charge in [0.25, 0.3) is 0 Å². The first kappa shape index (κ1) is 16.6. The van der Waals surface area contributed by atoms with E-state index in [4.69, 9.17) is 9.47 Å². The van der Waals surface area contributed by atoms with Crippen LogP contribution in [0.3, 0.4) is 0 Å². The molecule has 0 bridgehead atoms. The maximum Gasteiger partial charge on any atom is 0.315 e. The summed E-state index contributed by atoms with van der Waals surface area (Å²) in [5, 5.41) is 0. The highest BCUT2D eigenvalue weighted by Crippen LogP contribution is 2.28. The fourth-order valence-corrected chi connectivity index (χ4v) is 1.14. The Labute approximate surface area is 113 Å². The summed E-state index contributed by atoms with van der Waals surface area (Å²) < 4.78 is 10.1. The summed E-state index contributed by atoms with van der Waals surface area (Å²) in [5.41, 5.74) is -0.392. The third kappa shape index (κ3) is 6.21. The lowest BCUT2D eigenvalue weighted by molar-refractivity contribution is -0.152. The van der Waals surface area contributed by atoms with Crippen molar-refractivity contribution in [1.29, 1.82) is 0 Å². The van der Waals surface area contributed by atoms with Gasteiger partial charge in [-0.3, -0.25) is 9.59 Å². The zero-order chi connectivity index (χ0) is 13.5. The van der Waals surface area contributed by atoms with Gasteiger partial charge < -0.3 is 9.47 Å². The van der Waals surface area contributed by atoms with Crippen LogP contribution in [-0.2, 0) is 19.1 Å². The minimum atomic E-state index is -0.392. The summed E-state index contributed by atoms with van der Waals surface area (Å²) in [4.78, 5) is 22.1. The normalized spacial score (nSPS) is 11.4. The van der Waals surface area contributed by atoms with E-state index in [9.17, 15) is 9.59 Å². The second kappa shape index (κ2) is 7.87. The highest BCUT2D eigenvalue weighted by atomic mass is 32.1. The van der Waals surface area contributed by atoms with Crippen molar-refractivity contribution in [2.45, 2.75) is 20.8 Å². The number of esters is 2. The smallest absolute Gasteiger partial charge is 0.315 e. The van der Waals surface area contributed by atoms with E-state index in [2.05, 4.69) is 25.3 Å². The predicted octanol–water partition coefficient (Wildman–Crippen LogP) is 1.59. The molecular formula is C11H20O4S2. The molecule has 0 aromatic heterocycles. The lowest BCUT2D eigenvalue weighted by atomic mass is 9.80. The molecule has 0 heterocycles. The van der Waals surface area contributed by atoms with Crippen LogP contribution >= 0.6 is 25.3 Å². The van der Waals surface area contributed by atoms with Crippen molar-refractivity contribution in [1.82, 2.24) is 0 Å². The molecule has 0 aromatic rings. The van der Waals surface area contributed by atoms with Gasteiger partial charge in [-0.1, -0.05) is 20.8 Å². The number of thiol groups is 2. The molecule has 0 aromatic carbocycles. The van der Waals surface area contributed by atoms with Crippen LogP contribution in [0.5, 0.6) is 0 Å². The van der Waals surface area contributed by atoms with Gasteiger partial charge in [0.15, 0.2) is 0 Å². The quantitative estimate of drug-likeness (QED) is 0.549. The van der Waals surface area contributed by atoms with Crippen molar-refractivity contribution in [3.05, 3.63) is 0 Å². The first-order chi connectivity index (χ1) is 7.85. The van der Waals surface area contributed by atoms with E-state index >= 15 is 0 Å². The fourth-order valence-electron chi connectivity index (χ4n) is 0.957. The molecule has 0 radical (unpaired) electrons. The first-order valence-electron chi connectivity index (χ1n) is 5.38. The first-order valence-corrected chi connectivity index (χ1v) is 6.65. The zero-order valence-corrected chi connectivity index (χ0v) is 12.2. The molecule has 4 nitrogen and oxygen atoms in total. The Morgan fingerprint density at radius 2 is 1.41 bits per heavy atom. The van der Waals surface area contributed by atoms with Crippen LogP contribution < -0.4 is 0 Å². The number of carbonyl (C=O) groups excluding carboxylic acids is 2. The molecule has 0 saturated heterocycles. The summed E-state index contributed by atoms with van der Waals surface area (Å²) in [6.45, 7) is 6.31. The Morgan fingerprint density at radius 1 is 1.06 bits per heavy atom. The molecule has 0 amide bonds. The molecule has 6 heteroatoms. The van der Waals surface area contributed by atoms with E-state index in [1.54, 1.807) is 0 Å². The average molecular weight is 280 g/mol. The van der Waals surface area contributed by atoms with E-state index in [1.807, 2.05) is 20.8 Å². The number of hydrogen-bond acceptors (Lipinski definition) is 6. The van der Waals surface area contributed by atoms with Crippen LogP contribution in [0.15, 0.2) is 0 Å². The Bertz CT molecular complexity index is 246. The predicted molar refractivity (Wildman–Crippen MR) is 72.6 cm³/mol. The van der Waals surface area contributed by atoms with Crippen LogP contribution in [0.25, 0.3) is 0 Å². The van der Waals surface area contributed by atoms with Gasteiger partial charge in [-0.2, -0.15) is 25.3 Å². The molecule has 0 N–H and O–H groups in total.